The van der Waals surface area contributed by atoms with Crippen LogP contribution in [0.25, 0.3) is 0 Å². The maximum absolute atomic E-state index is 13.1. The van der Waals surface area contributed by atoms with Gasteiger partial charge in [0.15, 0.2) is 0 Å². The first kappa shape index (κ1) is 14.8. The molecule has 6 heteroatoms. The Morgan fingerprint density at radius 3 is 2.56 bits per heavy atom. The average molecular weight is 264 g/mol. The summed E-state index contributed by atoms with van der Waals surface area (Å²) >= 11 is 0. The summed E-state index contributed by atoms with van der Waals surface area (Å²) in [5.74, 6) is -0.480. The SMILES string of the molecule is Nc1c(F)cccc1CNCCCCC(F)(F)F. The molecule has 0 amide bonds. The largest absolute Gasteiger partial charge is 0.396 e. The number of benzene rings is 1. The molecule has 18 heavy (non-hydrogen) atoms. The van der Waals surface area contributed by atoms with E-state index >= 15 is 0 Å². The number of nitrogens with two attached hydrogens (primary N) is 1. The highest BCUT2D eigenvalue weighted by Crippen LogP contribution is 2.22. The Kier molecular flexibility index (Phi) is 5.40. The molecule has 0 spiro atoms. The van der Waals surface area contributed by atoms with E-state index in [0.29, 0.717) is 25.1 Å². The van der Waals surface area contributed by atoms with Crippen LogP contribution in [0.2, 0.25) is 0 Å². The number of anilines is 1. The zero-order valence-electron chi connectivity index (χ0n) is 9.86. The van der Waals surface area contributed by atoms with E-state index in [9.17, 15) is 17.6 Å². The molecule has 0 radical (unpaired) electrons. The zero-order chi connectivity index (χ0) is 13.6. The van der Waals surface area contributed by atoms with Crippen LogP contribution in [0.15, 0.2) is 18.2 Å². The molecule has 0 aliphatic carbocycles. The Bertz CT molecular complexity index is 377. The molecule has 0 heterocycles. The smallest absolute Gasteiger partial charge is 0.389 e. The van der Waals surface area contributed by atoms with E-state index in [-0.39, 0.29) is 12.1 Å². The predicted octanol–water partition coefficient (Wildman–Crippen LogP) is 3.23. The number of rotatable bonds is 6. The summed E-state index contributed by atoms with van der Waals surface area (Å²) < 4.78 is 48.6. The number of nitrogens with one attached hydrogen (secondary N) is 1. The van der Waals surface area contributed by atoms with Crippen LogP contribution in [-0.2, 0) is 6.54 Å². The Morgan fingerprint density at radius 2 is 1.89 bits per heavy atom. The lowest BCUT2D eigenvalue weighted by molar-refractivity contribution is -0.135. The summed E-state index contributed by atoms with van der Waals surface area (Å²) in [6.07, 6.45) is -4.34. The highest BCUT2D eigenvalue weighted by Gasteiger charge is 2.25. The highest BCUT2D eigenvalue weighted by molar-refractivity contribution is 5.47. The second-order valence-electron chi connectivity index (χ2n) is 4.06. The maximum atomic E-state index is 13.1. The molecule has 2 nitrogen and oxygen atoms in total. The summed E-state index contributed by atoms with van der Waals surface area (Å²) in [5, 5.41) is 2.94. The van der Waals surface area contributed by atoms with Crippen molar-refractivity contribution in [3.05, 3.63) is 29.6 Å². The lowest BCUT2D eigenvalue weighted by Gasteiger charge is -2.09. The zero-order valence-corrected chi connectivity index (χ0v) is 9.86. The van der Waals surface area contributed by atoms with Gasteiger partial charge in [-0.1, -0.05) is 12.1 Å². The molecular formula is C12H16F4N2. The first-order valence-electron chi connectivity index (χ1n) is 5.70. The first-order valence-corrected chi connectivity index (χ1v) is 5.70. The fourth-order valence-corrected chi connectivity index (χ4v) is 1.53. The summed E-state index contributed by atoms with van der Waals surface area (Å²) in [6, 6.07) is 4.50. The standard InChI is InChI=1S/C12H16F4N2/c13-10-5-3-4-9(11(10)17)8-18-7-2-1-6-12(14,15)16/h3-5,18H,1-2,6-8,17H2. The van der Waals surface area contributed by atoms with Crippen molar-refractivity contribution in [1.29, 1.82) is 0 Å². The van der Waals surface area contributed by atoms with Gasteiger partial charge in [0.25, 0.3) is 0 Å². The minimum absolute atomic E-state index is 0.0836. The number of hydrogen-bond acceptors (Lipinski definition) is 2. The van der Waals surface area contributed by atoms with Crippen LogP contribution in [0.3, 0.4) is 0 Å². The van der Waals surface area contributed by atoms with Crippen LogP contribution in [0.5, 0.6) is 0 Å². The van der Waals surface area contributed by atoms with Gasteiger partial charge in [-0.15, -0.1) is 0 Å². The molecule has 0 saturated carbocycles. The summed E-state index contributed by atoms with van der Waals surface area (Å²) in [6.45, 7) is 0.807. The third-order valence-electron chi connectivity index (χ3n) is 2.52. The van der Waals surface area contributed by atoms with Crippen LogP contribution in [-0.4, -0.2) is 12.7 Å². The second kappa shape index (κ2) is 6.58. The number of unbranched alkanes of at least 4 members (excludes halogenated alkanes) is 1. The van der Waals surface area contributed by atoms with E-state index in [0.717, 1.165) is 0 Å². The molecule has 0 saturated heterocycles. The van der Waals surface area contributed by atoms with Gasteiger partial charge in [0.2, 0.25) is 0 Å². The van der Waals surface area contributed by atoms with Crippen molar-refractivity contribution >= 4 is 5.69 Å². The van der Waals surface area contributed by atoms with Gasteiger partial charge in [0.05, 0.1) is 5.69 Å². The van der Waals surface area contributed by atoms with Crippen LogP contribution in [0.1, 0.15) is 24.8 Å². The van der Waals surface area contributed by atoms with Crippen molar-refractivity contribution in [2.24, 2.45) is 0 Å². The Hall–Kier alpha value is -1.30. The van der Waals surface area contributed by atoms with E-state index in [2.05, 4.69) is 5.32 Å². The third-order valence-corrected chi connectivity index (χ3v) is 2.52. The lowest BCUT2D eigenvalue weighted by atomic mass is 10.1. The van der Waals surface area contributed by atoms with Crippen LogP contribution >= 0.6 is 0 Å². The number of para-hydroxylation sites is 1. The third kappa shape index (κ3) is 5.35. The van der Waals surface area contributed by atoms with Gasteiger partial charge >= 0.3 is 6.18 Å². The summed E-state index contributed by atoms with van der Waals surface area (Å²) in [4.78, 5) is 0. The molecule has 0 bridgehead atoms. The molecule has 0 aliphatic rings. The molecule has 3 N–H and O–H groups in total. The van der Waals surface area contributed by atoms with Gasteiger partial charge in [0.1, 0.15) is 5.82 Å². The van der Waals surface area contributed by atoms with Crippen LogP contribution in [0, 0.1) is 5.82 Å². The van der Waals surface area contributed by atoms with Crippen LogP contribution in [0.4, 0.5) is 23.2 Å². The topological polar surface area (TPSA) is 38.0 Å². The molecule has 0 aliphatic heterocycles. The number of hydrogen-bond donors (Lipinski definition) is 2. The van der Waals surface area contributed by atoms with Crippen LogP contribution < -0.4 is 11.1 Å². The van der Waals surface area contributed by atoms with Gasteiger partial charge in [-0.25, -0.2) is 4.39 Å². The Labute approximate surface area is 103 Å². The van der Waals surface area contributed by atoms with Crippen molar-refractivity contribution in [2.75, 3.05) is 12.3 Å². The summed E-state index contributed by atoms with van der Waals surface area (Å²) in [5.41, 5.74) is 6.22. The maximum Gasteiger partial charge on any atom is 0.389 e. The molecule has 1 aromatic rings. The van der Waals surface area contributed by atoms with Crippen molar-refractivity contribution in [3.63, 3.8) is 0 Å². The summed E-state index contributed by atoms with van der Waals surface area (Å²) in [7, 11) is 0. The van der Waals surface area contributed by atoms with E-state index < -0.39 is 18.4 Å². The fraction of sp³-hybridized carbons (Fsp3) is 0.500. The van der Waals surface area contributed by atoms with E-state index in [4.69, 9.17) is 5.73 Å². The minimum Gasteiger partial charge on any atom is -0.396 e. The van der Waals surface area contributed by atoms with Crippen molar-refractivity contribution in [1.82, 2.24) is 5.32 Å². The van der Waals surface area contributed by atoms with E-state index in [1.807, 2.05) is 0 Å². The molecule has 102 valence electrons. The molecular weight excluding hydrogens is 248 g/mol. The average Bonchev–Trinajstić information content (AvgIpc) is 2.27. The fourth-order valence-electron chi connectivity index (χ4n) is 1.53. The van der Waals surface area contributed by atoms with E-state index in [1.54, 1.807) is 12.1 Å². The normalized spacial score (nSPS) is 11.8. The number of alkyl halides is 3. The number of nitrogen functional groups attached to an aromatic ring is 1. The lowest BCUT2D eigenvalue weighted by Crippen LogP contribution is -2.17. The minimum atomic E-state index is -4.09. The molecule has 1 rings (SSSR count). The van der Waals surface area contributed by atoms with Crippen molar-refractivity contribution in [3.8, 4) is 0 Å². The highest BCUT2D eigenvalue weighted by atomic mass is 19.4. The van der Waals surface area contributed by atoms with E-state index in [1.165, 1.54) is 6.07 Å². The Morgan fingerprint density at radius 1 is 1.17 bits per heavy atom. The van der Waals surface area contributed by atoms with Gasteiger partial charge in [-0.2, -0.15) is 13.2 Å². The molecule has 0 unspecified atom stereocenters. The molecule has 0 atom stereocenters. The monoisotopic (exact) mass is 264 g/mol. The second-order valence-corrected chi connectivity index (χ2v) is 4.06. The Balaban J connectivity index is 2.20. The number of halogens is 4. The first-order chi connectivity index (χ1) is 8.40. The molecule has 1 aromatic carbocycles. The van der Waals surface area contributed by atoms with Gasteiger partial charge < -0.3 is 11.1 Å². The van der Waals surface area contributed by atoms with Gasteiger partial charge in [-0.05, 0) is 31.0 Å². The van der Waals surface area contributed by atoms with Crippen molar-refractivity contribution in [2.45, 2.75) is 32.0 Å². The molecule has 0 aromatic heterocycles. The van der Waals surface area contributed by atoms with Gasteiger partial charge in [0, 0.05) is 13.0 Å². The van der Waals surface area contributed by atoms with Crippen molar-refractivity contribution < 1.29 is 17.6 Å². The molecule has 0 fully saturated rings. The predicted molar refractivity (Wildman–Crippen MR) is 62.4 cm³/mol. The van der Waals surface area contributed by atoms with Gasteiger partial charge in [-0.3, -0.25) is 0 Å². The quantitative estimate of drug-likeness (QED) is 0.470.